The Hall–Kier alpha value is -2.83. The smallest absolute Gasteiger partial charge is 0.275 e. The van der Waals surface area contributed by atoms with Gasteiger partial charge in [0, 0.05) is 5.02 Å². The summed E-state index contributed by atoms with van der Waals surface area (Å²) in [5, 5.41) is 18.9. The van der Waals surface area contributed by atoms with E-state index in [2.05, 4.69) is 15.6 Å². The number of hydrazone groups is 1. The van der Waals surface area contributed by atoms with Crippen molar-refractivity contribution in [3.05, 3.63) is 75.5 Å². The molecule has 0 aliphatic carbocycles. The van der Waals surface area contributed by atoms with Gasteiger partial charge in [0.05, 0.1) is 28.7 Å². The molecule has 0 unspecified atom stereocenters. The second-order valence-electron chi connectivity index (χ2n) is 5.40. The van der Waals surface area contributed by atoms with Crippen molar-refractivity contribution < 1.29 is 9.90 Å². The number of aromatic hydroxyl groups is 1. The summed E-state index contributed by atoms with van der Waals surface area (Å²) in [5.74, 6) is -0.654. The van der Waals surface area contributed by atoms with Gasteiger partial charge in [0.2, 0.25) is 0 Å². The molecular weight excluding hydrogens is 375 g/mol. The lowest BCUT2D eigenvalue weighted by atomic mass is 10.2. The molecule has 1 heterocycles. The highest BCUT2D eigenvalue weighted by atomic mass is 35.5. The number of hydrogen-bond acceptors (Lipinski definition) is 4. The maximum atomic E-state index is 12.0. The Balaban J connectivity index is 1.81. The van der Waals surface area contributed by atoms with Crippen LogP contribution in [0.4, 0.5) is 0 Å². The van der Waals surface area contributed by atoms with Crippen molar-refractivity contribution in [3.63, 3.8) is 0 Å². The molecule has 1 aromatic heterocycles. The first-order chi connectivity index (χ1) is 12.5. The van der Waals surface area contributed by atoms with Gasteiger partial charge in [-0.2, -0.15) is 10.2 Å². The average Bonchev–Trinajstić information content (AvgIpc) is 2.90. The number of aryl methyl sites for hydroxylation is 1. The summed E-state index contributed by atoms with van der Waals surface area (Å²) in [6.07, 6.45) is 1.41. The largest absolute Gasteiger partial charge is 0.507 e. The zero-order chi connectivity index (χ0) is 18.7. The number of hydrogen-bond donors (Lipinski definition) is 2. The number of benzene rings is 2. The third-order valence-corrected chi connectivity index (χ3v) is 4.21. The first kappa shape index (κ1) is 18.0. The first-order valence-corrected chi connectivity index (χ1v) is 8.35. The van der Waals surface area contributed by atoms with Crippen LogP contribution in [0, 0.1) is 6.92 Å². The zero-order valence-corrected chi connectivity index (χ0v) is 15.2. The van der Waals surface area contributed by atoms with Crippen LogP contribution in [-0.2, 0) is 0 Å². The van der Waals surface area contributed by atoms with Gasteiger partial charge in [0.25, 0.3) is 5.91 Å². The van der Waals surface area contributed by atoms with E-state index < -0.39 is 5.91 Å². The van der Waals surface area contributed by atoms with Crippen molar-refractivity contribution in [2.75, 3.05) is 0 Å². The van der Waals surface area contributed by atoms with Crippen molar-refractivity contribution in [2.45, 2.75) is 6.92 Å². The van der Waals surface area contributed by atoms with Gasteiger partial charge in [-0.3, -0.25) is 4.79 Å². The van der Waals surface area contributed by atoms with Crippen LogP contribution in [0.15, 0.2) is 53.6 Å². The van der Waals surface area contributed by atoms with Gasteiger partial charge in [-0.05, 0) is 37.3 Å². The minimum Gasteiger partial charge on any atom is -0.507 e. The molecule has 1 amide bonds. The van der Waals surface area contributed by atoms with Gasteiger partial charge < -0.3 is 5.11 Å². The summed E-state index contributed by atoms with van der Waals surface area (Å²) in [6, 6.07) is 13.3. The molecule has 132 valence electrons. The van der Waals surface area contributed by atoms with E-state index in [9.17, 15) is 9.90 Å². The number of para-hydroxylation sites is 1. The zero-order valence-electron chi connectivity index (χ0n) is 13.6. The highest BCUT2D eigenvalue weighted by Crippen LogP contribution is 2.23. The number of phenols is 1. The van der Waals surface area contributed by atoms with Crippen molar-refractivity contribution >= 4 is 35.3 Å². The van der Waals surface area contributed by atoms with Gasteiger partial charge in [-0.25, -0.2) is 10.1 Å². The number of nitrogens with one attached hydrogen (secondary N) is 1. The predicted molar refractivity (Wildman–Crippen MR) is 101 cm³/mol. The molecule has 26 heavy (non-hydrogen) atoms. The SMILES string of the molecule is Cc1nn(-c2cccc(Cl)c2)c(Cl)c1C=NNC(=O)c1ccccc1O. The molecule has 2 N–H and O–H groups in total. The van der Waals surface area contributed by atoms with E-state index >= 15 is 0 Å². The minimum atomic E-state index is -0.532. The summed E-state index contributed by atoms with van der Waals surface area (Å²) >= 11 is 12.4. The summed E-state index contributed by atoms with van der Waals surface area (Å²) in [4.78, 5) is 12.0. The van der Waals surface area contributed by atoms with E-state index in [1.165, 1.54) is 23.0 Å². The number of nitrogens with zero attached hydrogens (tertiary/aromatic N) is 3. The van der Waals surface area contributed by atoms with E-state index in [1.807, 2.05) is 6.07 Å². The molecule has 0 bridgehead atoms. The van der Waals surface area contributed by atoms with Crippen LogP contribution in [0.1, 0.15) is 21.6 Å². The fourth-order valence-electron chi connectivity index (χ4n) is 2.32. The monoisotopic (exact) mass is 388 g/mol. The van der Waals surface area contributed by atoms with E-state index in [0.717, 1.165) is 0 Å². The molecule has 3 rings (SSSR count). The molecule has 8 heteroatoms. The molecule has 0 radical (unpaired) electrons. The van der Waals surface area contributed by atoms with Gasteiger partial charge in [-0.15, -0.1) is 0 Å². The molecule has 2 aromatic carbocycles. The molecular formula is C18H14Cl2N4O2. The Morgan fingerprint density at radius 2 is 2.00 bits per heavy atom. The van der Waals surface area contributed by atoms with Crippen LogP contribution in [0.5, 0.6) is 5.75 Å². The van der Waals surface area contributed by atoms with E-state index in [1.54, 1.807) is 37.3 Å². The quantitative estimate of drug-likeness (QED) is 0.524. The van der Waals surface area contributed by atoms with Crippen LogP contribution in [-0.4, -0.2) is 27.0 Å². The standard InChI is InChI=1S/C18H14Cl2N4O2/c1-11-15(10-21-22-18(26)14-7-2-3-8-16(14)25)17(20)24(23-11)13-6-4-5-12(19)9-13/h2-10,25H,1H3,(H,22,26). The summed E-state index contributed by atoms with van der Waals surface area (Å²) in [5.41, 5.74) is 4.39. The molecule has 0 fully saturated rings. The number of halogens is 2. The molecule has 0 aliphatic rings. The summed E-state index contributed by atoms with van der Waals surface area (Å²) in [7, 11) is 0. The van der Waals surface area contributed by atoms with Crippen molar-refractivity contribution in [3.8, 4) is 11.4 Å². The second-order valence-corrected chi connectivity index (χ2v) is 6.19. The Morgan fingerprint density at radius 1 is 1.23 bits per heavy atom. The van der Waals surface area contributed by atoms with Crippen molar-refractivity contribution in [1.82, 2.24) is 15.2 Å². The lowest BCUT2D eigenvalue weighted by Gasteiger charge is -2.03. The topological polar surface area (TPSA) is 79.5 Å². The van der Waals surface area contributed by atoms with Crippen molar-refractivity contribution in [2.24, 2.45) is 5.10 Å². The third kappa shape index (κ3) is 3.71. The van der Waals surface area contributed by atoms with Gasteiger partial charge in [0.1, 0.15) is 10.9 Å². The van der Waals surface area contributed by atoms with Gasteiger partial charge in [0.15, 0.2) is 0 Å². The van der Waals surface area contributed by atoms with Crippen LogP contribution in [0.2, 0.25) is 10.2 Å². The number of carbonyl (C=O) groups is 1. The number of rotatable bonds is 4. The number of aromatic nitrogens is 2. The van der Waals surface area contributed by atoms with Gasteiger partial charge >= 0.3 is 0 Å². The van der Waals surface area contributed by atoms with Crippen LogP contribution in [0.3, 0.4) is 0 Å². The second kappa shape index (κ2) is 7.59. The number of amides is 1. The molecule has 0 spiro atoms. The fourth-order valence-corrected chi connectivity index (χ4v) is 2.82. The highest BCUT2D eigenvalue weighted by Gasteiger charge is 2.14. The Morgan fingerprint density at radius 3 is 2.73 bits per heavy atom. The van der Waals surface area contributed by atoms with Gasteiger partial charge in [-0.1, -0.05) is 41.4 Å². The number of carbonyl (C=O) groups excluding carboxylic acids is 1. The molecule has 0 saturated heterocycles. The normalized spacial score (nSPS) is 11.0. The lowest BCUT2D eigenvalue weighted by molar-refractivity contribution is 0.0952. The predicted octanol–water partition coefficient (Wildman–Crippen LogP) is 3.96. The molecule has 0 saturated carbocycles. The van der Waals surface area contributed by atoms with Crippen molar-refractivity contribution in [1.29, 1.82) is 0 Å². The molecule has 6 nitrogen and oxygen atoms in total. The molecule has 3 aromatic rings. The lowest BCUT2D eigenvalue weighted by Crippen LogP contribution is -2.17. The van der Waals surface area contributed by atoms with Crippen LogP contribution in [0.25, 0.3) is 5.69 Å². The minimum absolute atomic E-state index is 0.122. The molecule has 0 aliphatic heterocycles. The first-order valence-electron chi connectivity index (χ1n) is 7.60. The third-order valence-electron chi connectivity index (χ3n) is 3.61. The van der Waals surface area contributed by atoms with E-state index in [0.29, 0.717) is 27.1 Å². The van der Waals surface area contributed by atoms with Crippen LogP contribution >= 0.6 is 23.2 Å². The summed E-state index contributed by atoms with van der Waals surface area (Å²) in [6.45, 7) is 1.78. The Labute approximate surface area is 159 Å². The maximum Gasteiger partial charge on any atom is 0.275 e. The highest BCUT2D eigenvalue weighted by molar-refractivity contribution is 6.32. The summed E-state index contributed by atoms with van der Waals surface area (Å²) < 4.78 is 1.54. The maximum absolute atomic E-state index is 12.0. The Kier molecular flexibility index (Phi) is 5.25. The van der Waals surface area contributed by atoms with E-state index in [4.69, 9.17) is 23.2 Å². The Bertz CT molecular complexity index is 999. The van der Waals surface area contributed by atoms with E-state index in [-0.39, 0.29) is 11.3 Å². The van der Waals surface area contributed by atoms with Crippen LogP contribution < -0.4 is 5.43 Å². The molecule has 0 atom stereocenters. The fraction of sp³-hybridized carbons (Fsp3) is 0.0556. The number of phenolic OH excluding ortho intramolecular Hbond substituents is 1. The average molecular weight is 389 g/mol.